The van der Waals surface area contributed by atoms with Gasteiger partial charge in [-0.15, -0.1) is 0 Å². The van der Waals surface area contributed by atoms with E-state index in [1.807, 2.05) is 6.08 Å². The first-order chi connectivity index (χ1) is 15.8. The fraction of sp³-hybridized carbons (Fsp3) is 0.741. The molecule has 0 aliphatic carbocycles. The Labute approximate surface area is 201 Å². The van der Waals surface area contributed by atoms with Gasteiger partial charge < -0.3 is 10.6 Å². The van der Waals surface area contributed by atoms with Gasteiger partial charge in [0.05, 0.1) is 5.92 Å². The molecule has 0 aromatic carbocycles. The van der Waals surface area contributed by atoms with Crippen LogP contribution in [-0.2, 0) is 4.79 Å². The van der Waals surface area contributed by atoms with Gasteiger partial charge in [0.25, 0.3) is 0 Å². The first-order valence-electron chi connectivity index (χ1n) is 13.1. The second kappa shape index (κ2) is 16.5. The van der Waals surface area contributed by atoms with Crippen molar-refractivity contribution in [3.63, 3.8) is 0 Å². The van der Waals surface area contributed by atoms with Crippen LogP contribution in [0, 0.1) is 17.8 Å². The number of hydrogen-bond donors (Lipinski definition) is 1. The second-order valence-electron chi connectivity index (χ2n) is 9.72. The lowest BCUT2D eigenvalue weighted by Gasteiger charge is -2.31. The summed E-state index contributed by atoms with van der Waals surface area (Å²) in [6.07, 6.45) is 16.5. The molecule has 0 bridgehead atoms. The summed E-state index contributed by atoms with van der Waals surface area (Å²) in [6.45, 7) is 12.7. The minimum atomic E-state index is -0.431. The molecular formula is C27H48N4O2. The first kappa shape index (κ1) is 28.9. The van der Waals surface area contributed by atoms with Crippen molar-refractivity contribution in [1.82, 2.24) is 14.5 Å². The molecule has 0 aliphatic rings. The number of carbonyl (C=O) groups excluding carboxylic acids is 1. The highest BCUT2D eigenvalue weighted by molar-refractivity contribution is 5.81. The Morgan fingerprint density at radius 1 is 1.00 bits per heavy atom. The van der Waals surface area contributed by atoms with Crippen LogP contribution < -0.4 is 11.4 Å². The predicted molar refractivity (Wildman–Crippen MR) is 140 cm³/mol. The normalized spacial score (nSPS) is 14.3. The number of rotatable bonds is 17. The Balaban J connectivity index is 2.99. The Morgan fingerprint density at radius 2 is 1.58 bits per heavy atom. The van der Waals surface area contributed by atoms with Crippen LogP contribution in [0.15, 0.2) is 23.1 Å². The van der Waals surface area contributed by atoms with Crippen molar-refractivity contribution in [2.45, 2.75) is 98.8 Å². The van der Waals surface area contributed by atoms with Gasteiger partial charge in [-0.1, -0.05) is 85.6 Å². The standard InChI is InChI=1S/C27H48N4O2/c1-6-9-11-14-22(4)20-31(21-23(5)15-12-10-7-2)26(32)24(13-8-3)16-18-30-19-17-25(28)29-27(30)33/h16-19,22-24H,6-15,20-21H2,1-5H3,(H2,28,29,33)/b18-16-. The van der Waals surface area contributed by atoms with E-state index in [1.54, 1.807) is 18.5 Å². The number of nitrogen functional groups attached to an aromatic ring is 1. The largest absolute Gasteiger partial charge is 0.383 e. The molecule has 0 saturated heterocycles. The summed E-state index contributed by atoms with van der Waals surface area (Å²) >= 11 is 0. The van der Waals surface area contributed by atoms with Crippen LogP contribution in [0.4, 0.5) is 5.82 Å². The van der Waals surface area contributed by atoms with Crippen molar-refractivity contribution in [3.8, 4) is 0 Å². The number of anilines is 1. The molecule has 1 aromatic rings. The summed E-state index contributed by atoms with van der Waals surface area (Å²) in [5, 5.41) is 0. The van der Waals surface area contributed by atoms with E-state index in [-0.39, 0.29) is 17.6 Å². The molecule has 188 valence electrons. The Bertz CT molecular complexity index is 741. The molecular weight excluding hydrogens is 412 g/mol. The van der Waals surface area contributed by atoms with Gasteiger partial charge in [-0.25, -0.2) is 4.79 Å². The number of hydrogen-bond acceptors (Lipinski definition) is 4. The van der Waals surface area contributed by atoms with Gasteiger partial charge in [0.15, 0.2) is 0 Å². The fourth-order valence-electron chi connectivity index (χ4n) is 4.26. The highest BCUT2D eigenvalue weighted by atomic mass is 16.2. The zero-order chi connectivity index (χ0) is 24.6. The third-order valence-corrected chi connectivity index (χ3v) is 6.22. The summed E-state index contributed by atoms with van der Waals surface area (Å²) in [5.41, 5.74) is 5.16. The lowest BCUT2D eigenvalue weighted by atomic mass is 9.96. The highest BCUT2D eigenvalue weighted by Crippen LogP contribution is 2.20. The molecule has 0 saturated carbocycles. The molecule has 0 aliphatic heterocycles. The van der Waals surface area contributed by atoms with E-state index in [1.165, 1.54) is 43.1 Å². The average Bonchev–Trinajstić information content (AvgIpc) is 2.77. The molecule has 1 rings (SSSR count). The van der Waals surface area contributed by atoms with Crippen molar-refractivity contribution < 1.29 is 4.79 Å². The minimum Gasteiger partial charge on any atom is -0.383 e. The number of amides is 1. The molecule has 3 atom stereocenters. The molecule has 2 N–H and O–H groups in total. The predicted octanol–water partition coefficient (Wildman–Crippen LogP) is 5.97. The molecule has 6 heteroatoms. The van der Waals surface area contributed by atoms with Crippen molar-refractivity contribution >= 4 is 17.9 Å². The molecule has 6 nitrogen and oxygen atoms in total. The third kappa shape index (κ3) is 11.5. The van der Waals surface area contributed by atoms with Crippen LogP contribution >= 0.6 is 0 Å². The number of nitrogens with zero attached hydrogens (tertiary/aromatic N) is 3. The quantitative estimate of drug-likeness (QED) is 0.290. The summed E-state index contributed by atoms with van der Waals surface area (Å²) in [7, 11) is 0. The van der Waals surface area contributed by atoms with Crippen LogP contribution in [0.2, 0.25) is 0 Å². The van der Waals surface area contributed by atoms with Crippen molar-refractivity contribution in [2.75, 3.05) is 18.8 Å². The van der Waals surface area contributed by atoms with E-state index in [2.05, 4.69) is 44.5 Å². The maximum absolute atomic E-state index is 13.7. The van der Waals surface area contributed by atoms with Crippen LogP contribution in [-0.4, -0.2) is 33.4 Å². The van der Waals surface area contributed by atoms with Crippen molar-refractivity contribution in [2.24, 2.45) is 17.8 Å². The van der Waals surface area contributed by atoms with Gasteiger partial charge in [0, 0.05) is 25.5 Å². The summed E-state index contributed by atoms with van der Waals surface area (Å²) in [4.78, 5) is 31.6. The molecule has 1 aromatic heterocycles. The number of unbranched alkanes of at least 4 members (excludes halogenated alkanes) is 4. The van der Waals surface area contributed by atoms with E-state index in [4.69, 9.17) is 5.73 Å². The average molecular weight is 461 g/mol. The highest BCUT2D eigenvalue weighted by Gasteiger charge is 2.24. The van der Waals surface area contributed by atoms with Gasteiger partial charge in [0.1, 0.15) is 5.82 Å². The lowest BCUT2D eigenvalue weighted by molar-refractivity contribution is -0.135. The van der Waals surface area contributed by atoms with Crippen LogP contribution in [0.5, 0.6) is 0 Å². The maximum atomic E-state index is 13.7. The lowest BCUT2D eigenvalue weighted by Crippen LogP contribution is -2.41. The zero-order valence-electron chi connectivity index (χ0n) is 21.8. The van der Waals surface area contributed by atoms with Crippen LogP contribution in [0.3, 0.4) is 0 Å². The number of nitrogens with two attached hydrogens (primary N) is 1. The van der Waals surface area contributed by atoms with E-state index in [0.29, 0.717) is 11.8 Å². The van der Waals surface area contributed by atoms with E-state index < -0.39 is 5.69 Å². The molecule has 3 unspecified atom stereocenters. The first-order valence-corrected chi connectivity index (χ1v) is 13.1. The Morgan fingerprint density at radius 3 is 2.06 bits per heavy atom. The smallest absolute Gasteiger partial charge is 0.353 e. The molecule has 0 fully saturated rings. The third-order valence-electron chi connectivity index (χ3n) is 6.22. The van der Waals surface area contributed by atoms with Gasteiger partial charge in [-0.2, -0.15) is 4.98 Å². The van der Waals surface area contributed by atoms with Crippen LogP contribution in [0.25, 0.3) is 6.20 Å². The topological polar surface area (TPSA) is 81.2 Å². The molecule has 1 heterocycles. The van der Waals surface area contributed by atoms with Gasteiger partial charge in [-0.05, 0) is 37.2 Å². The fourth-order valence-corrected chi connectivity index (χ4v) is 4.26. The van der Waals surface area contributed by atoms with Gasteiger partial charge >= 0.3 is 5.69 Å². The van der Waals surface area contributed by atoms with Gasteiger partial charge in [0.2, 0.25) is 5.91 Å². The maximum Gasteiger partial charge on any atom is 0.353 e. The van der Waals surface area contributed by atoms with Crippen LogP contribution in [0.1, 0.15) is 98.8 Å². The summed E-state index contributed by atoms with van der Waals surface area (Å²) in [5.74, 6) is 1.10. The zero-order valence-corrected chi connectivity index (χ0v) is 21.8. The summed E-state index contributed by atoms with van der Waals surface area (Å²) < 4.78 is 1.39. The van der Waals surface area contributed by atoms with E-state index >= 15 is 0 Å². The molecule has 1 amide bonds. The van der Waals surface area contributed by atoms with E-state index in [9.17, 15) is 9.59 Å². The Hall–Kier alpha value is -2.11. The SMILES string of the molecule is CCCCCC(C)CN(CC(C)CCCCC)C(=O)C(/C=C\n1ccc(N)nc1=O)CCC. The molecule has 0 radical (unpaired) electrons. The number of aromatic nitrogens is 2. The monoisotopic (exact) mass is 460 g/mol. The Kier molecular flexibility index (Phi) is 14.5. The van der Waals surface area contributed by atoms with Crippen molar-refractivity contribution in [1.29, 1.82) is 0 Å². The van der Waals surface area contributed by atoms with Crippen molar-refractivity contribution in [3.05, 3.63) is 28.8 Å². The second-order valence-corrected chi connectivity index (χ2v) is 9.72. The molecule has 33 heavy (non-hydrogen) atoms. The van der Waals surface area contributed by atoms with Gasteiger partial charge in [-0.3, -0.25) is 9.36 Å². The van der Waals surface area contributed by atoms with E-state index in [0.717, 1.165) is 38.8 Å². The molecule has 0 spiro atoms. The number of carbonyl (C=O) groups is 1. The minimum absolute atomic E-state index is 0.175. The summed E-state index contributed by atoms with van der Waals surface area (Å²) in [6, 6.07) is 1.59.